The quantitative estimate of drug-likeness (QED) is 0.719. The lowest BCUT2D eigenvalue weighted by molar-refractivity contribution is -0.124. The van der Waals surface area contributed by atoms with Crippen LogP contribution in [0.1, 0.15) is 66.4 Å². The number of hydrogen-bond donors (Lipinski definition) is 1. The number of nitrogens with one attached hydrogen (secondary N) is 1. The summed E-state index contributed by atoms with van der Waals surface area (Å²) in [6, 6.07) is 18.8. The fourth-order valence-corrected chi connectivity index (χ4v) is 5.20. The Kier molecular flexibility index (Phi) is 6.63. The molecule has 2 aromatic carbocycles. The van der Waals surface area contributed by atoms with E-state index < -0.39 is 0 Å². The lowest BCUT2D eigenvalue weighted by Crippen LogP contribution is -2.45. The van der Waals surface area contributed by atoms with Crippen LogP contribution in [0.25, 0.3) is 0 Å². The minimum Gasteiger partial charge on any atom is -0.300 e. The maximum absolute atomic E-state index is 12.9. The molecule has 2 aromatic rings. The zero-order chi connectivity index (χ0) is 20.9. The van der Waals surface area contributed by atoms with Crippen molar-refractivity contribution < 1.29 is 9.59 Å². The Bertz CT molecular complexity index is 880. The van der Waals surface area contributed by atoms with E-state index in [1.165, 1.54) is 18.4 Å². The number of fused-ring (bicyclic) bond motifs is 1. The summed E-state index contributed by atoms with van der Waals surface area (Å²) in [5, 5.41) is 2.64. The van der Waals surface area contributed by atoms with Crippen LogP contribution in [-0.4, -0.2) is 35.8 Å². The van der Waals surface area contributed by atoms with Gasteiger partial charge >= 0.3 is 0 Å². The Morgan fingerprint density at radius 2 is 1.83 bits per heavy atom. The predicted octanol–water partition coefficient (Wildman–Crippen LogP) is 4.55. The van der Waals surface area contributed by atoms with Crippen LogP contribution in [0.4, 0.5) is 0 Å². The first-order chi connectivity index (χ1) is 14.7. The maximum atomic E-state index is 12.9. The highest BCUT2D eigenvalue weighted by Gasteiger charge is 2.33. The minimum absolute atomic E-state index is 0.117. The van der Waals surface area contributed by atoms with Crippen LogP contribution in [0.3, 0.4) is 0 Å². The van der Waals surface area contributed by atoms with Gasteiger partial charge in [-0.15, -0.1) is 0 Å². The van der Waals surface area contributed by atoms with Gasteiger partial charge < -0.3 is 0 Å². The van der Waals surface area contributed by atoms with Gasteiger partial charge in [-0.25, -0.2) is 0 Å². The van der Waals surface area contributed by atoms with Crippen LogP contribution in [0.5, 0.6) is 0 Å². The van der Waals surface area contributed by atoms with E-state index in [0.29, 0.717) is 23.9 Å². The number of benzene rings is 2. The van der Waals surface area contributed by atoms with Crippen molar-refractivity contribution in [2.75, 3.05) is 13.1 Å². The highest BCUT2D eigenvalue weighted by Crippen LogP contribution is 2.31. The van der Waals surface area contributed by atoms with Gasteiger partial charge in [-0.2, -0.15) is 0 Å². The summed E-state index contributed by atoms with van der Waals surface area (Å²) in [4.78, 5) is 27.9. The molecule has 0 aromatic heterocycles. The summed E-state index contributed by atoms with van der Waals surface area (Å²) >= 11 is 0. The molecule has 0 aliphatic carbocycles. The molecule has 0 bridgehead atoms. The molecule has 1 saturated heterocycles. The fourth-order valence-electron chi connectivity index (χ4n) is 5.20. The zero-order valence-electron chi connectivity index (χ0n) is 17.8. The third-order valence-electron chi connectivity index (χ3n) is 6.75. The zero-order valence-corrected chi connectivity index (χ0v) is 17.8. The largest absolute Gasteiger partial charge is 0.300 e. The second-order valence-electron chi connectivity index (χ2n) is 8.80. The van der Waals surface area contributed by atoms with Crippen molar-refractivity contribution in [2.45, 2.75) is 57.4 Å². The molecule has 30 heavy (non-hydrogen) atoms. The van der Waals surface area contributed by atoms with E-state index in [0.717, 1.165) is 37.9 Å². The molecule has 4 nitrogen and oxygen atoms in total. The summed E-state index contributed by atoms with van der Waals surface area (Å²) in [6.45, 7) is 4.37. The average Bonchev–Trinajstić information content (AvgIpc) is 2.90. The predicted molar refractivity (Wildman–Crippen MR) is 119 cm³/mol. The molecule has 2 aliphatic rings. The van der Waals surface area contributed by atoms with Gasteiger partial charge in [-0.1, -0.05) is 61.9 Å². The molecule has 3 atom stereocenters. The van der Waals surface area contributed by atoms with Crippen molar-refractivity contribution in [3.05, 3.63) is 71.3 Å². The molecule has 2 heterocycles. The summed E-state index contributed by atoms with van der Waals surface area (Å²) < 4.78 is 0. The van der Waals surface area contributed by atoms with Crippen molar-refractivity contribution in [3.63, 3.8) is 0 Å². The molecule has 1 fully saturated rings. The first-order valence-corrected chi connectivity index (χ1v) is 11.4. The third-order valence-corrected chi connectivity index (χ3v) is 6.75. The van der Waals surface area contributed by atoms with Crippen LogP contribution in [0, 0.1) is 5.92 Å². The summed E-state index contributed by atoms with van der Waals surface area (Å²) in [6.07, 6.45) is 6.05. The maximum Gasteiger partial charge on any atom is 0.258 e. The Morgan fingerprint density at radius 3 is 2.63 bits per heavy atom. The SMILES string of the molecule is CCCC(CC1Cc2ccccc2C(=O)NC1=O)N1CCCC(c2ccccc2)C1. The molecular weight excluding hydrogens is 372 g/mol. The van der Waals surface area contributed by atoms with E-state index in [4.69, 9.17) is 0 Å². The summed E-state index contributed by atoms with van der Waals surface area (Å²) in [5.41, 5.74) is 3.05. The second kappa shape index (κ2) is 9.57. The third kappa shape index (κ3) is 4.65. The monoisotopic (exact) mass is 404 g/mol. The summed E-state index contributed by atoms with van der Waals surface area (Å²) in [7, 11) is 0. The first-order valence-electron chi connectivity index (χ1n) is 11.4. The van der Waals surface area contributed by atoms with Crippen LogP contribution < -0.4 is 5.32 Å². The van der Waals surface area contributed by atoms with Gasteiger partial charge in [0.2, 0.25) is 5.91 Å². The van der Waals surface area contributed by atoms with Crippen LogP contribution in [-0.2, 0) is 11.2 Å². The molecule has 0 saturated carbocycles. The topological polar surface area (TPSA) is 49.4 Å². The molecule has 158 valence electrons. The number of piperidine rings is 1. The fraction of sp³-hybridized carbons (Fsp3) is 0.462. The molecule has 3 unspecified atom stereocenters. The highest BCUT2D eigenvalue weighted by atomic mass is 16.2. The van der Waals surface area contributed by atoms with Gasteiger partial charge in [-0.05, 0) is 61.8 Å². The number of carbonyl (C=O) groups is 2. The first kappa shape index (κ1) is 20.8. The van der Waals surface area contributed by atoms with Crippen molar-refractivity contribution in [1.82, 2.24) is 10.2 Å². The normalized spacial score (nSPS) is 23.4. The van der Waals surface area contributed by atoms with E-state index >= 15 is 0 Å². The smallest absolute Gasteiger partial charge is 0.258 e. The van der Waals surface area contributed by atoms with Crippen molar-refractivity contribution in [1.29, 1.82) is 0 Å². The van der Waals surface area contributed by atoms with E-state index in [1.807, 2.05) is 24.3 Å². The van der Waals surface area contributed by atoms with Crippen molar-refractivity contribution >= 4 is 11.8 Å². The van der Waals surface area contributed by atoms with Gasteiger partial charge in [-0.3, -0.25) is 19.8 Å². The van der Waals surface area contributed by atoms with Gasteiger partial charge in [0.25, 0.3) is 5.91 Å². The van der Waals surface area contributed by atoms with Crippen LogP contribution >= 0.6 is 0 Å². The Balaban J connectivity index is 1.50. The molecular formula is C26H32N2O2. The standard InChI is InChI=1S/C26H32N2O2/c1-2-9-23(28-15-8-13-21(18-28)19-10-4-3-5-11-19)17-22-16-20-12-6-7-14-24(20)26(30)27-25(22)29/h3-7,10-12,14,21-23H,2,8-9,13,15-18H2,1H3,(H,27,29,30). The number of imide groups is 1. The van der Waals surface area contributed by atoms with E-state index in [2.05, 4.69) is 47.5 Å². The molecule has 4 rings (SSSR count). The molecule has 0 spiro atoms. The van der Waals surface area contributed by atoms with Crippen LogP contribution in [0.2, 0.25) is 0 Å². The molecule has 0 radical (unpaired) electrons. The highest BCUT2D eigenvalue weighted by molar-refractivity contribution is 6.07. The lowest BCUT2D eigenvalue weighted by atomic mass is 9.86. The number of carbonyl (C=O) groups excluding carboxylic acids is 2. The van der Waals surface area contributed by atoms with E-state index in [9.17, 15) is 9.59 Å². The molecule has 1 N–H and O–H groups in total. The summed E-state index contributed by atoms with van der Waals surface area (Å²) in [5.74, 6) is 0.0250. The number of likely N-dealkylation sites (tertiary alicyclic amines) is 1. The number of rotatable bonds is 6. The van der Waals surface area contributed by atoms with Gasteiger partial charge in [0.05, 0.1) is 0 Å². The van der Waals surface area contributed by atoms with E-state index in [1.54, 1.807) is 0 Å². The van der Waals surface area contributed by atoms with Crippen molar-refractivity contribution in [3.8, 4) is 0 Å². The minimum atomic E-state index is -0.257. The average molecular weight is 405 g/mol. The molecule has 2 amide bonds. The van der Waals surface area contributed by atoms with Crippen molar-refractivity contribution in [2.24, 2.45) is 5.92 Å². The number of amides is 2. The Hall–Kier alpha value is -2.46. The second-order valence-corrected chi connectivity index (χ2v) is 8.80. The number of nitrogens with zero attached hydrogens (tertiary/aromatic N) is 1. The van der Waals surface area contributed by atoms with Gasteiger partial charge in [0.1, 0.15) is 0 Å². The Labute approximate surface area is 179 Å². The van der Waals surface area contributed by atoms with Gasteiger partial charge in [0.15, 0.2) is 0 Å². The lowest BCUT2D eigenvalue weighted by Gasteiger charge is -2.39. The molecule has 2 aliphatic heterocycles. The Morgan fingerprint density at radius 1 is 1.07 bits per heavy atom. The van der Waals surface area contributed by atoms with E-state index in [-0.39, 0.29) is 17.7 Å². The number of hydrogen-bond acceptors (Lipinski definition) is 3. The van der Waals surface area contributed by atoms with Gasteiger partial charge in [0, 0.05) is 24.1 Å². The molecule has 4 heteroatoms. The van der Waals surface area contributed by atoms with Crippen LogP contribution in [0.15, 0.2) is 54.6 Å².